The molecule has 2 fully saturated rings. The summed E-state index contributed by atoms with van der Waals surface area (Å²) in [5.41, 5.74) is 2.49. The van der Waals surface area contributed by atoms with E-state index in [9.17, 15) is 13.5 Å². The average Bonchev–Trinajstić information content (AvgIpc) is 3.02. The molecule has 3 aliphatic rings. The molecule has 0 unspecified atom stereocenters. The fourth-order valence-corrected chi connectivity index (χ4v) is 7.58. The molecule has 0 radical (unpaired) electrons. The second kappa shape index (κ2) is 7.99. The van der Waals surface area contributed by atoms with Crippen LogP contribution in [0.25, 0.3) is 0 Å². The third kappa shape index (κ3) is 3.43. The highest BCUT2D eigenvalue weighted by atomic mass is 32.2. The van der Waals surface area contributed by atoms with Crippen LogP contribution in [-0.2, 0) is 16.7 Å². The third-order valence-corrected chi connectivity index (χ3v) is 9.71. The van der Waals surface area contributed by atoms with Gasteiger partial charge in [-0.25, -0.2) is 0 Å². The van der Waals surface area contributed by atoms with E-state index in [2.05, 4.69) is 6.92 Å². The Bertz CT molecular complexity index is 897. The lowest BCUT2D eigenvalue weighted by atomic mass is 9.55. The molecule has 0 spiro atoms. The molecule has 4 rings (SSSR count). The summed E-state index contributed by atoms with van der Waals surface area (Å²) >= 11 is 0. The van der Waals surface area contributed by atoms with Gasteiger partial charge < -0.3 is 14.0 Å². The molecule has 6 nitrogen and oxygen atoms in total. The third-order valence-electron chi connectivity index (χ3n) is 8.18. The Hall–Kier alpha value is -1.31. The largest absolute Gasteiger partial charge is 0.493 e. The second-order valence-electron chi connectivity index (χ2n) is 9.38. The number of benzene rings is 1. The fourth-order valence-electron chi connectivity index (χ4n) is 6.48. The average molecular weight is 438 g/mol. The smallest absolute Gasteiger partial charge is 0.385 e. The van der Waals surface area contributed by atoms with Crippen LogP contribution in [0.3, 0.4) is 0 Å². The zero-order valence-corrected chi connectivity index (χ0v) is 19.4. The van der Waals surface area contributed by atoms with Gasteiger partial charge in [-0.1, -0.05) is 20.8 Å². The van der Waals surface area contributed by atoms with Crippen molar-refractivity contribution < 1.29 is 22.4 Å². The maximum absolute atomic E-state index is 12.6. The Morgan fingerprint density at radius 1 is 1.13 bits per heavy atom. The molecule has 0 heterocycles. The molecular formula is C23H35NO5S. The minimum Gasteiger partial charge on any atom is -0.493 e. The van der Waals surface area contributed by atoms with Crippen molar-refractivity contribution >= 4 is 10.3 Å². The lowest BCUT2D eigenvalue weighted by Crippen LogP contribution is -2.43. The Morgan fingerprint density at radius 2 is 1.87 bits per heavy atom. The van der Waals surface area contributed by atoms with Gasteiger partial charge in [-0.05, 0) is 85.0 Å². The maximum atomic E-state index is 12.6. The first-order valence-corrected chi connectivity index (χ1v) is 12.7. The number of fused-ring (bicyclic) bond motifs is 5. The number of aliphatic hydroxyl groups excluding tert-OH is 1. The monoisotopic (exact) mass is 437 g/mol. The summed E-state index contributed by atoms with van der Waals surface area (Å²) in [7, 11) is -2.30. The number of hydrogen-bond acceptors (Lipinski definition) is 5. The molecule has 1 aromatic rings. The Balaban J connectivity index is 1.66. The van der Waals surface area contributed by atoms with Gasteiger partial charge >= 0.3 is 10.3 Å². The van der Waals surface area contributed by atoms with Gasteiger partial charge in [0.05, 0.1) is 13.2 Å². The van der Waals surface area contributed by atoms with Crippen LogP contribution in [0.2, 0.25) is 0 Å². The van der Waals surface area contributed by atoms with E-state index in [0.29, 0.717) is 36.6 Å². The number of nitrogens with zero attached hydrogens (tertiary/aromatic N) is 1. The summed E-state index contributed by atoms with van der Waals surface area (Å²) in [6, 6.07) is 3.88. The molecule has 0 aliphatic heterocycles. The molecule has 0 amide bonds. The molecule has 3 aliphatic carbocycles. The maximum Gasteiger partial charge on any atom is 0.385 e. The SMILES string of the molecule is CCN(CC)S(=O)(=O)Oc1cc2c(cc1OC)[C@H]1CC[C@]3(C)[C@@H](O)CC[C@H]3[C@@H]1CC2. The minimum absolute atomic E-state index is 0.0453. The standard InChI is InChI=1S/C23H35NO5S/c1-5-24(6-2)30(26,27)29-21-13-15-7-8-17-16(18(15)14-20(21)28-4)11-12-23(3)19(17)9-10-22(23)25/h13-14,16-17,19,22,25H,5-12H2,1-4H3/t16-,17+,19-,22-,23-/m0/s1. The van der Waals surface area contributed by atoms with E-state index in [4.69, 9.17) is 8.92 Å². The zero-order chi connectivity index (χ0) is 21.7. The van der Waals surface area contributed by atoms with Gasteiger partial charge in [0.25, 0.3) is 0 Å². The van der Waals surface area contributed by atoms with Crippen LogP contribution in [-0.4, -0.2) is 44.1 Å². The van der Waals surface area contributed by atoms with Gasteiger partial charge in [0, 0.05) is 13.1 Å². The Morgan fingerprint density at radius 3 is 2.53 bits per heavy atom. The number of aliphatic hydroxyl groups is 1. The van der Waals surface area contributed by atoms with Crippen molar-refractivity contribution in [2.24, 2.45) is 17.3 Å². The molecule has 168 valence electrons. The molecular weight excluding hydrogens is 402 g/mol. The first-order chi connectivity index (χ1) is 14.2. The Kier molecular flexibility index (Phi) is 5.83. The number of ether oxygens (including phenoxy) is 1. The highest BCUT2D eigenvalue weighted by Crippen LogP contribution is 2.61. The van der Waals surface area contributed by atoms with Crippen LogP contribution in [0.1, 0.15) is 69.9 Å². The van der Waals surface area contributed by atoms with E-state index in [1.165, 1.54) is 15.4 Å². The molecule has 7 heteroatoms. The van der Waals surface area contributed by atoms with Crippen LogP contribution in [0, 0.1) is 17.3 Å². The number of rotatable bonds is 6. The van der Waals surface area contributed by atoms with E-state index in [-0.39, 0.29) is 17.3 Å². The molecule has 5 atom stereocenters. The van der Waals surface area contributed by atoms with Crippen molar-refractivity contribution in [3.05, 3.63) is 23.3 Å². The van der Waals surface area contributed by atoms with E-state index < -0.39 is 10.3 Å². The second-order valence-corrected chi connectivity index (χ2v) is 10.9. The zero-order valence-electron chi connectivity index (χ0n) is 18.6. The van der Waals surface area contributed by atoms with Crippen molar-refractivity contribution in [1.82, 2.24) is 4.31 Å². The normalized spacial score (nSPS) is 33.0. The van der Waals surface area contributed by atoms with Crippen molar-refractivity contribution in [1.29, 1.82) is 0 Å². The summed E-state index contributed by atoms with van der Waals surface area (Å²) in [6.45, 7) is 6.59. The van der Waals surface area contributed by atoms with E-state index in [1.54, 1.807) is 21.0 Å². The van der Waals surface area contributed by atoms with Gasteiger partial charge in [-0.15, -0.1) is 0 Å². The fraction of sp³-hybridized carbons (Fsp3) is 0.739. The van der Waals surface area contributed by atoms with Crippen LogP contribution >= 0.6 is 0 Å². The molecule has 0 bridgehead atoms. The summed E-state index contributed by atoms with van der Waals surface area (Å²) in [6.07, 6.45) is 5.93. The van der Waals surface area contributed by atoms with Crippen LogP contribution in [0.5, 0.6) is 11.5 Å². The lowest BCUT2D eigenvalue weighted by Gasteiger charge is -2.50. The molecule has 30 heavy (non-hydrogen) atoms. The van der Waals surface area contributed by atoms with Gasteiger partial charge in [-0.2, -0.15) is 12.7 Å². The predicted octanol–water partition coefficient (Wildman–Crippen LogP) is 3.88. The van der Waals surface area contributed by atoms with Crippen molar-refractivity contribution in [3.8, 4) is 11.5 Å². The van der Waals surface area contributed by atoms with Crippen molar-refractivity contribution in [2.45, 2.75) is 71.3 Å². The van der Waals surface area contributed by atoms with Gasteiger partial charge in [0.2, 0.25) is 0 Å². The summed E-state index contributed by atoms with van der Waals surface area (Å²) in [4.78, 5) is 0. The minimum atomic E-state index is -3.86. The highest BCUT2D eigenvalue weighted by Gasteiger charge is 2.54. The topological polar surface area (TPSA) is 76.1 Å². The summed E-state index contributed by atoms with van der Waals surface area (Å²) < 4.78 is 37.7. The first-order valence-electron chi connectivity index (χ1n) is 11.3. The molecule has 1 aromatic carbocycles. The quantitative estimate of drug-likeness (QED) is 0.731. The lowest BCUT2D eigenvalue weighted by molar-refractivity contribution is -0.0226. The van der Waals surface area contributed by atoms with Crippen LogP contribution in [0.15, 0.2) is 12.1 Å². The predicted molar refractivity (Wildman–Crippen MR) is 116 cm³/mol. The summed E-state index contributed by atoms with van der Waals surface area (Å²) in [5.74, 6) is 2.33. The number of hydrogen-bond donors (Lipinski definition) is 1. The van der Waals surface area contributed by atoms with Gasteiger partial charge in [-0.3, -0.25) is 0 Å². The molecule has 2 saturated carbocycles. The van der Waals surface area contributed by atoms with E-state index in [1.807, 2.05) is 12.1 Å². The first kappa shape index (κ1) is 21.9. The molecule has 0 aromatic heterocycles. The number of aryl methyl sites for hydroxylation is 1. The Labute approximate surface area is 180 Å². The van der Waals surface area contributed by atoms with E-state index in [0.717, 1.165) is 38.5 Å². The molecule has 1 N–H and O–H groups in total. The van der Waals surface area contributed by atoms with Crippen molar-refractivity contribution in [2.75, 3.05) is 20.2 Å². The molecule has 0 saturated heterocycles. The van der Waals surface area contributed by atoms with Crippen LogP contribution < -0.4 is 8.92 Å². The summed E-state index contributed by atoms with van der Waals surface area (Å²) in [5, 5.41) is 10.6. The highest BCUT2D eigenvalue weighted by molar-refractivity contribution is 7.84. The van der Waals surface area contributed by atoms with Gasteiger partial charge in [0.15, 0.2) is 11.5 Å². The van der Waals surface area contributed by atoms with Crippen LogP contribution in [0.4, 0.5) is 0 Å². The number of methoxy groups -OCH3 is 1. The van der Waals surface area contributed by atoms with E-state index >= 15 is 0 Å². The van der Waals surface area contributed by atoms with Gasteiger partial charge in [0.1, 0.15) is 0 Å². The van der Waals surface area contributed by atoms with Crippen molar-refractivity contribution in [3.63, 3.8) is 0 Å².